The zero-order valence-electron chi connectivity index (χ0n) is 15.1. The zero-order chi connectivity index (χ0) is 21.2. The van der Waals surface area contributed by atoms with Gasteiger partial charge in [0.25, 0.3) is 5.91 Å². The maximum atomic E-state index is 12.3. The summed E-state index contributed by atoms with van der Waals surface area (Å²) in [6.07, 6.45) is 2.25. The minimum absolute atomic E-state index is 0.0361. The molecule has 0 unspecified atom stereocenters. The lowest BCUT2D eigenvalue weighted by Gasteiger charge is -2.01. The number of hydrogen-bond acceptors (Lipinski definition) is 8. The molecule has 0 spiro atoms. The molecule has 148 valence electrons. The summed E-state index contributed by atoms with van der Waals surface area (Å²) in [6.45, 7) is 1.89. The second-order valence-electron chi connectivity index (χ2n) is 5.94. The number of rotatable bonds is 5. The molecule has 29 heavy (non-hydrogen) atoms. The van der Waals surface area contributed by atoms with Crippen LogP contribution in [0.5, 0.6) is 0 Å². The number of halogens is 1. The molecule has 0 radical (unpaired) electrons. The Morgan fingerprint density at radius 1 is 1.31 bits per heavy atom. The van der Waals surface area contributed by atoms with Crippen LogP contribution in [-0.4, -0.2) is 30.8 Å². The van der Waals surface area contributed by atoms with Gasteiger partial charge in [0, 0.05) is 22.9 Å². The van der Waals surface area contributed by atoms with Gasteiger partial charge in [-0.15, -0.1) is 10.2 Å². The molecule has 0 saturated carbocycles. The Kier molecular flexibility index (Phi) is 5.83. The topological polar surface area (TPSA) is 126 Å². The normalized spacial score (nSPS) is 11.9. The molecule has 0 fully saturated rings. The third-order valence-electron chi connectivity index (χ3n) is 3.68. The Hall–Kier alpha value is -3.00. The van der Waals surface area contributed by atoms with E-state index < -0.39 is 15.7 Å². The number of sulfone groups is 1. The Bertz CT molecular complexity index is 1270. The van der Waals surface area contributed by atoms with Gasteiger partial charge in [-0.3, -0.25) is 10.1 Å². The maximum absolute atomic E-state index is 12.3. The smallest absolute Gasteiger partial charge is 0.268 e. The van der Waals surface area contributed by atoms with Crippen LogP contribution in [0.2, 0.25) is 5.02 Å². The standard InChI is InChI=1S/C18H13ClN4O4S2/c1-10-3-4-11(8-14(10)19)15-6-5-13(27-15)7-12(9-20)16(24)21-17-22-23-18(28-17)29(2,25)26/h3-8H,1-2H3,(H,21,22,24)/b12-7-. The predicted molar refractivity (Wildman–Crippen MR) is 109 cm³/mol. The number of anilines is 1. The van der Waals surface area contributed by atoms with Crippen LogP contribution in [0.3, 0.4) is 0 Å². The van der Waals surface area contributed by atoms with Gasteiger partial charge in [-0.05, 0) is 30.7 Å². The van der Waals surface area contributed by atoms with Crippen LogP contribution in [0.4, 0.5) is 5.13 Å². The Morgan fingerprint density at radius 3 is 2.69 bits per heavy atom. The molecular weight excluding hydrogens is 436 g/mol. The van der Waals surface area contributed by atoms with E-state index in [2.05, 4.69) is 15.5 Å². The fourth-order valence-electron chi connectivity index (χ4n) is 2.20. The zero-order valence-corrected chi connectivity index (χ0v) is 17.5. The summed E-state index contributed by atoms with van der Waals surface area (Å²) < 4.78 is 28.3. The first kappa shape index (κ1) is 20.7. The van der Waals surface area contributed by atoms with Gasteiger partial charge in [0.15, 0.2) is 0 Å². The number of carbonyl (C=O) groups is 1. The lowest BCUT2D eigenvalue weighted by molar-refractivity contribution is -0.112. The lowest BCUT2D eigenvalue weighted by atomic mass is 10.1. The van der Waals surface area contributed by atoms with Crippen LogP contribution in [0.25, 0.3) is 17.4 Å². The van der Waals surface area contributed by atoms with Gasteiger partial charge in [-0.2, -0.15) is 5.26 Å². The molecule has 1 aromatic carbocycles. The van der Waals surface area contributed by atoms with Crippen LogP contribution in [0.1, 0.15) is 11.3 Å². The number of hydrogen-bond donors (Lipinski definition) is 1. The van der Waals surface area contributed by atoms with Gasteiger partial charge in [-0.25, -0.2) is 8.42 Å². The number of furan rings is 1. The van der Waals surface area contributed by atoms with Crippen molar-refractivity contribution in [3.05, 3.63) is 52.3 Å². The minimum Gasteiger partial charge on any atom is -0.457 e. The van der Waals surface area contributed by atoms with Crippen molar-refractivity contribution in [2.75, 3.05) is 11.6 Å². The summed E-state index contributed by atoms with van der Waals surface area (Å²) in [5, 5.41) is 19.3. The van der Waals surface area contributed by atoms with Crippen LogP contribution < -0.4 is 5.32 Å². The summed E-state index contributed by atoms with van der Waals surface area (Å²) in [5.41, 5.74) is 1.44. The van der Waals surface area contributed by atoms with Crippen molar-refractivity contribution < 1.29 is 17.6 Å². The summed E-state index contributed by atoms with van der Waals surface area (Å²) in [7, 11) is -3.53. The molecule has 11 heteroatoms. The summed E-state index contributed by atoms with van der Waals surface area (Å²) in [5.74, 6) is 0.0512. The molecule has 8 nitrogen and oxygen atoms in total. The molecule has 2 heterocycles. The van der Waals surface area contributed by atoms with E-state index in [1.54, 1.807) is 24.3 Å². The number of amides is 1. The molecule has 0 aliphatic carbocycles. The fourth-order valence-corrected chi connectivity index (χ4v) is 3.88. The molecule has 0 atom stereocenters. The molecule has 0 saturated heterocycles. The van der Waals surface area contributed by atoms with Gasteiger partial charge in [0.2, 0.25) is 19.3 Å². The highest BCUT2D eigenvalue weighted by Gasteiger charge is 2.18. The minimum atomic E-state index is -3.53. The monoisotopic (exact) mass is 448 g/mol. The molecular formula is C18H13ClN4O4S2. The van der Waals surface area contributed by atoms with Gasteiger partial charge >= 0.3 is 0 Å². The molecule has 1 N–H and O–H groups in total. The first-order chi connectivity index (χ1) is 13.7. The van der Waals surface area contributed by atoms with E-state index in [0.717, 1.165) is 17.4 Å². The lowest BCUT2D eigenvalue weighted by Crippen LogP contribution is -2.13. The average Bonchev–Trinajstić information content (AvgIpc) is 3.31. The van der Waals surface area contributed by atoms with Crippen molar-refractivity contribution in [1.82, 2.24) is 10.2 Å². The Labute approximate surface area is 175 Å². The highest BCUT2D eigenvalue weighted by Crippen LogP contribution is 2.28. The molecule has 0 bridgehead atoms. The summed E-state index contributed by atoms with van der Waals surface area (Å²) in [6, 6.07) is 10.6. The Balaban J connectivity index is 1.80. The highest BCUT2D eigenvalue weighted by molar-refractivity contribution is 7.92. The van der Waals surface area contributed by atoms with Gasteiger partial charge < -0.3 is 4.42 Å². The maximum Gasteiger partial charge on any atom is 0.268 e. The fraction of sp³-hybridized carbons (Fsp3) is 0.111. The summed E-state index contributed by atoms with van der Waals surface area (Å²) in [4.78, 5) is 12.3. The van der Waals surface area contributed by atoms with Crippen molar-refractivity contribution in [3.63, 3.8) is 0 Å². The number of aromatic nitrogens is 2. The van der Waals surface area contributed by atoms with Crippen LogP contribution in [-0.2, 0) is 14.6 Å². The van der Waals surface area contributed by atoms with E-state index in [1.807, 2.05) is 19.1 Å². The van der Waals surface area contributed by atoms with E-state index in [-0.39, 0.29) is 20.8 Å². The number of carbonyl (C=O) groups excluding carboxylic acids is 1. The first-order valence-electron chi connectivity index (χ1n) is 8.00. The van der Waals surface area contributed by atoms with Crippen molar-refractivity contribution in [2.45, 2.75) is 11.3 Å². The molecule has 1 amide bonds. The van der Waals surface area contributed by atoms with Crippen LogP contribution in [0.15, 0.2) is 44.7 Å². The van der Waals surface area contributed by atoms with Crippen molar-refractivity contribution in [3.8, 4) is 17.4 Å². The number of nitrogens with zero attached hydrogens (tertiary/aromatic N) is 3. The number of aryl methyl sites for hydroxylation is 1. The third kappa shape index (κ3) is 4.89. The molecule has 3 aromatic rings. The van der Waals surface area contributed by atoms with E-state index in [9.17, 15) is 18.5 Å². The van der Waals surface area contributed by atoms with E-state index in [1.165, 1.54) is 6.08 Å². The van der Waals surface area contributed by atoms with E-state index in [0.29, 0.717) is 22.1 Å². The van der Waals surface area contributed by atoms with E-state index >= 15 is 0 Å². The van der Waals surface area contributed by atoms with Crippen molar-refractivity contribution in [2.24, 2.45) is 0 Å². The van der Waals surface area contributed by atoms with Gasteiger partial charge in [0.05, 0.1) is 0 Å². The van der Waals surface area contributed by atoms with Gasteiger partial charge in [0.1, 0.15) is 23.2 Å². The van der Waals surface area contributed by atoms with Crippen LogP contribution in [0, 0.1) is 18.3 Å². The number of nitriles is 1. The molecule has 3 rings (SSSR count). The summed E-state index contributed by atoms with van der Waals surface area (Å²) >= 11 is 6.82. The Morgan fingerprint density at radius 2 is 2.07 bits per heavy atom. The second kappa shape index (κ2) is 8.16. The number of nitrogens with one attached hydrogen (secondary N) is 1. The first-order valence-corrected chi connectivity index (χ1v) is 11.1. The third-order valence-corrected chi connectivity index (χ3v) is 6.59. The van der Waals surface area contributed by atoms with Crippen molar-refractivity contribution >= 4 is 49.9 Å². The molecule has 2 aromatic heterocycles. The largest absolute Gasteiger partial charge is 0.457 e. The average molecular weight is 449 g/mol. The van der Waals surface area contributed by atoms with Gasteiger partial charge in [-0.1, -0.05) is 35.1 Å². The number of benzene rings is 1. The predicted octanol–water partition coefficient (Wildman–Crippen LogP) is 3.71. The SMILES string of the molecule is Cc1ccc(-c2ccc(/C=C(/C#N)C(=O)Nc3nnc(S(C)(=O)=O)s3)o2)cc1Cl. The van der Waals surface area contributed by atoms with E-state index in [4.69, 9.17) is 16.0 Å². The quantitative estimate of drug-likeness (QED) is 0.358. The molecule has 0 aliphatic heterocycles. The highest BCUT2D eigenvalue weighted by atomic mass is 35.5. The van der Waals surface area contributed by atoms with Crippen molar-refractivity contribution in [1.29, 1.82) is 5.26 Å². The van der Waals surface area contributed by atoms with Crippen LogP contribution >= 0.6 is 22.9 Å². The second-order valence-corrected chi connectivity index (χ2v) is 9.51. The molecule has 0 aliphatic rings.